The molecule has 1 unspecified atom stereocenters. The fraction of sp³-hybridized carbons (Fsp3) is 1.00. The third-order valence-corrected chi connectivity index (χ3v) is 1.99. The molecule has 0 aliphatic rings. The van der Waals surface area contributed by atoms with E-state index in [2.05, 4.69) is 57.3 Å². The van der Waals surface area contributed by atoms with Crippen LogP contribution in [0.2, 0.25) is 0 Å². The molecule has 0 amide bonds. The molecule has 14 heavy (non-hydrogen) atoms. The maximum Gasteiger partial charge on any atom is 0.0164 e. The van der Waals surface area contributed by atoms with E-state index in [1.165, 1.54) is 0 Å². The van der Waals surface area contributed by atoms with Gasteiger partial charge in [-0.3, -0.25) is 0 Å². The van der Waals surface area contributed by atoms with Crippen LogP contribution in [0.1, 0.15) is 27.7 Å². The normalized spacial score (nSPS) is 14.8. The third-order valence-electron chi connectivity index (χ3n) is 1.99. The summed E-state index contributed by atoms with van der Waals surface area (Å²) in [6.07, 6.45) is 0. The van der Waals surface area contributed by atoms with E-state index in [0.29, 0.717) is 6.04 Å². The third kappa shape index (κ3) is 9.96. The molecular weight excluding hydrogens is 174 g/mol. The van der Waals surface area contributed by atoms with Gasteiger partial charge in [0.05, 0.1) is 0 Å². The molecule has 3 nitrogen and oxygen atoms in total. The zero-order valence-corrected chi connectivity index (χ0v) is 10.6. The second-order valence-electron chi connectivity index (χ2n) is 5.29. The van der Waals surface area contributed by atoms with E-state index < -0.39 is 0 Å². The number of nitrogens with zero attached hydrogens (tertiary/aromatic N) is 1. The summed E-state index contributed by atoms with van der Waals surface area (Å²) >= 11 is 0. The van der Waals surface area contributed by atoms with E-state index >= 15 is 0 Å². The minimum Gasteiger partial charge on any atom is -0.312 e. The maximum atomic E-state index is 3.48. The Morgan fingerprint density at radius 3 is 2.21 bits per heavy atom. The lowest BCUT2D eigenvalue weighted by molar-refractivity contribution is 0.360. The minimum atomic E-state index is 0.220. The molecule has 0 rings (SSSR count). The largest absolute Gasteiger partial charge is 0.312 e. The summed E-state index contributed by atoms with van der Waals surface area (Å²) in [5.41, 5.74) is 0.220. The van der Waals surface area contributed by atoms with Gasteiger partial charge in [0.25, 0.3) is 0 Å². The molecular formula is C11H27N3. The molecule has 0 aliphatic heterocycles. The van der Waals surface area contributed by atoms with E-state index in [-0.39, 0.29) is 5.54 Å². The van der Waals surface area contributed by atoms with E-state index in [0.717, 1.165) is 19.6 Å². The van der Waals surface area contributed by atoms with E-state index in [4.69, 9.17) is 0 Å². The number of likely N-dealkylation sites (N-methyl/N-ethyl adjacent to an activating group) is 1. The van der Waals surface area contributed by atoms with E-state index in [1.807, 2.05) is 0 Å². The second-order valence-corrected chi connectivity index (χ2v) is 5.29. The Morgan fingerprint density at radius 2 is 1.79 bits per heavy atom. The number of rotatable bonds is 6. The van der Waals surface area contributed by atoms with Crippen molar-refractivity contribution in [1.29, 1.82) is 0 Å². The summed E-state index contributed by atoms with van der Waals surface area (Å²) in [6.45, 7) is 12.0. The molecule has 0 aliphatic carbocycles. The Kier molecular flexibility index (Phi) is 6.33. The SMILES string of the molecule is CC(CNC(C)(C)C)NCCN(C)C. The lowest BCUT2D eigenvalue weighted by Crippen LogP contribution is -2.45. The van der Waals surface area contributed by atoms with Crippen LogP contribution in [0.5, 0.6) is 0 Å². The van der Waals surface area contributed by atoms with Crippen molar-refractivity contribution in [2.45, 2.75) is 39.3 Å². The summed E-state index contributed by atoms with van der Waals surface area (Å²) in [7, 11) is 4.19. The van der Waals surface area contributed by atoms with Crippen molar-refractivity contribution in [3.8, 4) is 0 Å². The molecule has 0 heterocycles. The van der Waals surface area contributed by atoms with Crippen LogP contribution < -0.4 is 10.6 Å². The van der Waals surface area contributed by atoms with Crippen LogP contribution in [-0.4, -0.2) is 50.2 Å². The van der Waals surface area contributed by atoms with Crippen LogP contribution in [0.25, 0.3) is 0 Å². The average molecular weight is 201 g/mol. The highest BCUT2D eigenvalue weighted by molar-refractivity contribution is 4.74. The second kappa shape index (κ2) is 6.38. The standard InChI is InChI=1S/C11H27N3/c1-10(9-13-11(2,3)4)12-7-8-14(5)6/h10,12-13H,7-9H2,1-6H3. The molecule has 0 saturated carbocycles. The van der Waals surface area contributed by atoms with Crippen molar-refractivity contribution in [2.75, 3.05) is 33.7 Å². The van der Waals surface area contributed by atoms with Gasteiger partial charge in [0.2, 0.25) is 0 Å². The van der Waals surface area contributed by atoms with Gasteiger partial charge in [0.1, 0.15) is 0 Å². The molecule has 0 saturated heterocycles. The summed E-state index contributed by atoms with van der Waals surface area (Å²) < 4.78 is 0. The summed E-state index contributed by atoms with van der Waals surface area (Å²) in [4.78, 5) is 2.19. The summed E-state index contributed by atoms with van der Waals surface area (Å²) in [6, 6.07) is 0.536. The van der Waals surface area contributed by atoms with Gasteiger partial charge in [0.15, 0.2) is 0 Å². The molecule has 0 bridgehead atoms. The minimum absolute atomic E-state index is 0.220. The van der Waals surface area contributed by atoms with Crippen molar-refractivity contribution in [1.82, 2.24) is 15.5 Å². The fourth-order valence-electron chi connectivity index (χ4n) is 1.07. The molecule has 0 spiro atoms. The number of hydrogen-bond acceptors (Lipinski definition) is 3. The van der Waals surface area contributed by atoms with Crippen molar-refractivity contribution < 1.29 is 0 Å². The lowest BCUT2D eigenvalue weighted by atomic mass is 10.1. The Bertz CT molecular complexity index is 138. The predicted octanol–water partition coefficient (Wildman–Crippen LogP) is 0.914. The summed E-state index contributed by atoms with van der Waals surface area (Å²) in [5.74, 6) is 0. The van der Waals surface area contributed by atoms with Gasteiger partial charge in [-0.1, -0.05) is 0 Å². The molecule has 0 fully saturated rings. The van der Waals surface area contributed by atoms with Crippen LogP contribution in [0.4, 0.5) is 0 Å². The van der Waals surface area contributed by atoms with Gasteiger partial charge in [0, 0.05) is 31.2 Å². The average Bonchev–Trinajstić information content (AvgIpc) is 1.99. The first kappa shape index (κ1) is 13.9. The first-order valence-electron chi connectivity index (χ1n) is 5.44. The molecule has 2 N–H and O–H groups in total. The quantitative estimate of drug-likeness (QED) is 0.669. The maximum absolute atomic E-state index is 3.48. The Labute approximate surface area is 89.2 Å². The highest BCUT2D eigenvalue weighted by Crippen LogP contribution is 1.97. The first-order chi connectivity index (χ1) is 6.31. The van der Waals surface area contributed by atoms with Gasteiger partial charge in [-0.05, 0) is 41.8 Å². The van der Waals surface area contributed by atoms with Crippen molar-refractivity contribution >= 4 is 0 Å². The first-order valence-corrected chi connectivity index (χ1v) is 5.44. The molecule has 0 aromatic carbocycles. The van der Waals surface area contributed by atoms with Crippen LogP contribution in [0.3, 0.4) is 0 Å². The van der Waals surface area contributed by atoms with Crippen LogP contribution >= 0.6 is 0 Å². The molecule has 0 aromatic heterocycles. The molecule has 86 valence electrons. The molecule has 0 radical (unpaired) electrons. The molecule has 3 heteroatoms. The van der Waals surface area contributed by atoms with Gasteiger partial charge in [-0.25, -0.2) is 0 Å². The van der Waals surface area contributed by atoms with Crippen molar-refractivity contribution in [3.63, 3.8) is 0 Å². The van der Waals surface area contributed by atoms with Crippen molar-refractivity contribution in [3.05, 3.63) is 0 Å². The molecule has 1 atom stereocenters. The smallest absolute Gasteiger partial charge is 0.0164 e. The topological polar surface area (TPSA) is 27.3 Å². The van der Waals surface area contributed by atoms with E-state index in [9.17, 15) is 0 Å². The van der Waals surface area contributed by atoms with Gasteiger partial charge >= 0.3 is 0 Å². The number of hydrogen-bond donors (Lipinski definition) is 2. The molecule has 0 aromatic rings. The van der Waals surface area contributed by atoms with Gasteiger partial charge in [-0.2, -0.15) is 0 Å². The highest BCUT2D eigenvalue weighted by atomic mass is 15.1. The Balaban J connectivity index is 3.42. The fourth-order valence-corrected chi connectivity index (χ4v) is 1.07. The predicted molar refractivity (Wildman–Crippen MR) is 63.8 cm³/mol. The Hall–Kier alpha value is -0.120. The monoisotopic (exact) mass is 201 g/mol. The van der Waals surface area contributed by atoms with Crippen LogP contribution in [-0.2, 0) is 0 Å². The Morgan fingerprint density at radius 1 is 1.21 bits per heavy atom. The van der Waals surface area contributed by atoms with Crippen molar-refractivity contribution in [2.24, 2.45) is 0 Å². The van der Waals surface area contributed by atoms with Crippen LogP contribution in [0.15, 0.2) is 0 Å². The zero-order chi connectivity index (χ0) is 11.2. The zero-order valence-electron chi connectivity index (χ0n) is 10.6. The lowest BCUT2D eigenvalue weighted by Gasteiger charge is -2.24. The van der Waals surface area contributed by atoms with Gasteiger partial charge in [-0.15, -0.1) is 0 Å². The van der Waals surface area contributed by atoms with Gasteiger partial charge < -0.3 is 15.5 Å². The van der Waals surface area contributed by atoms with Crippen LogP contribution in [0, 0.1) is 0 Å². The van der Waals surface area contributed by atoms with E-state index in [1.54, 1.807) is 0 Å². The number of nitrogens with one attached hydrogen (secondary N) is 2. The summed E-state index contributed by atoms with van der Waals surface area (Å²) in [5, 5.41) is 6.97. The highest BCUT2D eigenvalue weighted by Gasteiger charge is 2.10.